The number of anilines is 1. The fraction of sp³-hybridized carbons (Fsp3) is 0.273. The van der Waals surface area contributed by atoms with Crippen molar-refractivity contribution in [2.24, 2.45) is 0 Å². The monoisotopic (exact) mass is 179 g/mol. The van der Waals surface area contributed by atoms with Crippen molar-refractivity contribution in [3.05, 3.63) is 37.4 Å². The highest BCUT2D eigenvalue weighted by Gasteiger charge is 1.96. The highest BCUT2D eigenvalue weighted by molar-refractivity contribution is 5.55. The quantitative estimate of drug-likeness (QED) is 0.720. The number of benzene rings is 1. The Kier molecular flexibility index (Phi) is 6.42. The van der Waals surface area contributed by atoms with E-state index in [0.29, 0.717) is 6.61 Å². The minimum absolute atomic E-state index is 0.707. The number of nitrogens with one attached hydrogen (secondary N) is 1. The van der Waals surface area contributed by atoms with E-state index < -0.39 is 0 Å². The predicted octanol–water partition coefficient (Wildman–Crippen LogP) is 2.93. The predicted molar refractivity (Wildman–Crippen MR) is 58.4 cm³/mol. The largest absolute Gasteiger partial charge is 0.492 e. The van der Waals surface area contributed by atoms with Crippen molar-refractivity contribution in [2.75, 3.05) is 19.0 Å². The summed E-state index contributed by atoms with van der Waals surface area (Å²) >= 11 is 0. The molecule has 0 saturated heterocycles. The molecule has 1 N–H and O–H groups in total. The van der Waals surface area contributed by atoms with Gasteiger partial charge >= 0.3 is 0 Å². The first-order valence-corrected chi connectivity index (χ1v) is 4.28. The Balaban J connectivity index is 0.000000671. The Morgan fingerprint density at radius 2 is 1.92 bits per heavy atom. The smallest absolute Gasteiger partial charge is 0.142 e. The van der Waals surface area contributed by atoms with Crippen molar-refractivity contribution in [3.8, 4) is 5.75 Å². The molecule has 0 aromatic heterocycles. The van der Waals surface area contributed by atoms with Crippen molar-refractivity contribution in [1.29, 1.82) is 0 Å². The highest BCUT2D eigenvalue weighted by Crippen LogP contribution is 2.22. The lowest BCUT2D eigenvalue weighted by atomic mass is 10.3. The average molecular weight is 179 g/mol. The summed E-state index contributed by atoms with van der Waals surface area (Å²) in [6, 6.07) is 7.89. The van der Waals surface area contributed by atoms with Crippen LogP contribution in [-0.4, -0.2) is 13.7 Å². The van der Waals surface area contributed by atoms with E-state index in [2.05, 4.69) is 18.5 Å². The third kappa shape index (κ3) is 3.65. The van der Waals surface area contributed by atoms with Crippen LogP contribution in [0, 0.1) is 0 Å². The van der Waals surface area contributed by atoms with E-state index in [0.717, 1.165) is 11.4 Å². The van der Waals surface area contributed by atoms with Gasteiger partial charge in [-0.25, -0.2) is 0 Å². The second-order valence-electron chi connectivity index (χ2n) is 2.18. The Morgan fingerprint density at radius 1 is 1.31 bits per heavy atom. The van der Waals surface area contributed by atoms with Crippen LogP contribution in [0.15, 0.2) is 37.4 Å². The summed E-state index contributed by atoms with van der Waals surface area (Å²) in [6.45, 7) is 8.69. The summed E-state index contributed by atoms with van der Waals surface area (Å²) in [4.78, 5) is 0. The van der Waals surface area contributed by atoms with Gasteiger partial charge in [0.1, 0.15) is 5.75 Å². The second-order valence-corrected chi connectivity index (χ2v) is 2.18. The van der Waals surface area contributed by atoms with Crippen LogP contribution in [-0.2, 0) is 0 Å². The van der Waals surface area contributed by atoms with Gasteiger partial charge < -0.3 is 10.1 Å². The molecule has 0 heterocycles. The van der Waals surface area contributed by atoms with E-state index in [1.165, 1.54) is 0 Å². The third-order valence-corrected chi connectivity index (χ3v) is 1.46. The van der Waals surface area contributed by atoms with E-state index in [1.807, 2.05) is 38.2 Å². The Hall–Kier alpha value is -1.44. The van der Waals surface area contributed by atoms with Gasteiger partial charge in [-0.2, -0.15) is 0 Å². The molecule has 0 saturated carbocycles. The molecule has 1 aromatic carbocycles. The van der Waals surface area contributed by atoms with Crippen LogP contribution in [0.2, 0.25) is 0 Å². The zero-order chi connectivity index (χ0) is 10.1. The average Bonchev–Trinajstić information content (AvgIpc) is 2.22. The molecule has 0 aliphatic heterocycles. The second kappa shape index (κ2) is 7.22. The molecule has 13 heavy (non-hydrogen) atoms. The van der Waals surface area contributed by atoms with Crippen LogP contribution in [0.4, 0.5) is 5.69 Å². The zero-order valence-corrected chi connectivity index (χ0v) is 8.34. The van der Waals surface area contributed by atoms with Crippen molar-refractivity contribution in [3.63, 3.8) is 0 Å². The number of ether oxygens (including phenoxy) is 1. The van der Waals surface area contributed by atoms with Crippen molar-refractivity contribution >= 4 is 5.69 Å². The van der Waals surface area contributed by atoms with Gasteiger partial charge in [0.05, 0.1) is 12.3 Å². The molecule has 72 valence electrons. The standard InChI is InChI=1S/C9H13NO.C2H4/c1-3-11-9-7-5-4-6-8(9)10-2;1-2/h4-7,10H,3H2,1-2H3;1-2H2. The Bertz CT molecular complexity index is 235. The maximum atomic E-state index is 5.37. The lowest BCUT2D eigenvalue weighted by molar-refractivity contribution is 0.342. The maximum absolute atomic E-state index is 5.37. The number of para-hydroxylation sites is 2. The first-order valence-electron chi connectivity index (χ1n) is 4.28. The molecular weight excluding hydrogens is 162 g/mol. The van der Waals surface area contributed by atoms with Gasteiger partial charge in [0, 0.05) is 7.05 Å². The van der Waals surface area contributed by atoms with Crippen molar-refractivity contribution in [1.82, 2.24) is 0 Å². The lowest BCUT2D eigenvalue weighted by Crippen LogP contribution is -1.96. The molecule has 0 fully saturated rings. The highest BCUT2D eigenvalue weighted by atomic mass is 16.5. The minimum Gasteiger partial charge on any atom is -0.492 e. The zero-order valence-electron chi connectivity index (χ0n) is 8.34. The third-order valence-electron chi connectivity index (χ3n) is 1.46. The molecule has 0 amide bonds. The van der Waals surface area contributed by atoms with Crippen LogP contribution in [0.25, 0.3) is 0 Å². The van der Waals surface area contributed by atoms with Crippen LogP contribution in [0.1, 0.15) is 6.92 Å². The van der Waals surface area contributed by atoms with Crippen LogP contribution < -0.4 is 10.1 Å². The molecule has 2 heteroatoms. The SMILES string of the molecule is C=C.CCOc1ccccc1NC. The minimum atomic E-state index is 0.707. The molecule has 0 bridgehead atoms. The Morgan fingerprint density at radius 3 is 2.46 bits per heavy atom. The van der Waals surface area contributed by atoms with Gasteiger partial charge in [0.2, 0.25) is 0 Å². The van der Waals surface area contributed by atoms with Gasteiger partial charge in [0.15, 0.2) is 0 Å². The summed E-state index contributed by atoms with van der Waals surface area (Å²) in [5, 5.41) is 3.06. The molecule has 0 aliphatic rings. The number of hydrogen-bond donors (Lipinski definition) is 1. The van der Waals surface area contributed by atoms with E-state index in [9.17, 15) is 0 Å². The molecule has 1 aromatic rings. The fourth-order valence-electron chi connectivity index (χ4n) is 0.955. The lowest BCUT2D eigenvalue weighted by Gasteiger charge is -2.07. The number of hydrogen-bond acceptors (Lipinski definition) is 2. The molecule has 1 rings (SSSR count). The maximum Gasteiger partial charge on any atom is 0.142 e. The molecular formula is C11H17NO. The summed E-state index contributed by atoms with van der Waals surface area (Å²) in [7, 11) is 1.89. The summed E-state index contributed by atoms with van der Waals surface area (Å²) in [6.07, 6.45) is 0. The fourth-order valence-corrected chi connectivity index (χ4v) is 0.955. The summed E-state index contributed by atoms with van der Waals surface area (Å²) in [5.74, 6) is 0.914. The topological polar surface area (TPSA) is 21.3 Å². The van der Waals surface area contributed by atoms with Crippen molar-refractivity contribution < 1.29 is 4.74 Å². The van der Waals surface area contributed by atoms with Gasteiger partial charge in [-0.3, -0.25) is 0 Å². The first-order chi connectivity index (χ1) is 6.38. The van der Waals surface area contributed by atoms with E-state index in [4.69, 9.17) is 4.74 Å². The van der Waals surface area contributed by atoms with Gasteiger partial charge in [0.25, 0.3) is 0 Å². The molecule has 0 aliphatic carbocycles. The van der Waals surface area contributed by atoms with E-state index in [1.54, 1.807) is 0 Å². The van der Waals surface area contributed by atoms with E-state index >= 15 is 0 Å². The van der Waals surface area contributed by atoms with Gasteiger partial charge in [-0.05, 0) is 19.1 Å². The molecule has 0 atom stereocenters. The summed E-state index contributed by atoms with van der Waals surface area (Å²) in [5.41, 5.74) is 1.04. The first kappa shape index (κ1) is 11.6. The van der Waals surface area contributed by atoms with Crippen LogP contribution in [0.5, 0.6) is 5.75 Å². The van der Waals surface area contributed by atoms with Crippen LogP contribution in [0.3, 0.4) is 0 Å². The molecule has 0 spiro atoms. The molecule has 0 unspecified atom stereocenters. The van der Waals surface area contributed by atoms with E-state index in [-0.39, 0.29) is 0 Å². The van der Waals surface area contributed by atoms with Gasteiger partial charge in [-0.1, -0.05) is 12.1 Å². The molecule has 2 nitrogen and oxygen atoms in total. The number of rotatable bonds is 3. The normalized spacial score (nSPS) is 8.15. The molecule has 0 radical (unpaired) electrons. The van der Waals surface area contributed by atoms with Gasteiger partial charge in [-0.15, -0.1) is 13.2 Å². The van der Waals surface area contributed by atoms with Crippen molar-refractivity contribution in [2.45, 2.75) is 6.92 Å². The summed E-state index contributed by atoms with van der Waals surface area (Å²) < 4.78 is 5.37. The Labute approximate surface area is 80.2 Å². The van der Waals surface area contributed by atoms with Crippen LogP contribution >= 0.6 is 0 Å².